The summed E-state index contributed by atoms with van der Waals surface area (Å²) in [4.78, 5) is 16.9. The molecule has 0 aromatic carbocycles. The van der Waals surface area contributed by atoms with Gasteiger partial charge in [0.15, 0.2) is 0 Å². The van der Waals surface area contributed by atoms with Crippen molar-refractivity contribution in [3.05, 3.63) is 12.2 Å². The topological polar surface area (TPSA) is 99.4 Å². The highest BCUT2D eigenvalue weighted by atomic mass is 16.5. The van der Waals surface area contributed by atoms with Crippen molar-refractivity contribution in [2.24, 2.45) is 33.6 Å². The molecule has 0 aromatic heterocycles. The van der Waals surface area contributed by atoms with Crippen molar-refractivity contribution in [1.29, 1.82) is 0 Å². The summed E-state index contributed by atoms with van der Waals surface area (Å²) in [5.41, 5.74) is -2.65. The number of nitrogens with zero attached hydrogens (tertiary/aromatic N) is 1. The SMILES string of the molecule is CCCCCCCCCCCCN=C[C@]12CC[C@@H](O)C[C@]1(O)CC[C@@H]1[C@@H]2CC[C@]2(C)[C@H]([C@@H]3C=CC(=O)O3)CC[C@]12O. The standard InChI is InChI=1S/C35H57NO5/c1-3-4-5-6-7-8-9-10-11-12-23-36-25-33-20-15-26(37)24-34(33,39)21-17-28-27(33)16-19-32(2)29(18-22-35(28,32)40)30-13-14-31(38)41-30/h13-14,25-30,37,39-40H,3-12,15-24H2,1-2H3/t26-,27+,28-,29+,30+,32-,33+,34-,35+/m1/s1. The third-order valence-corrected chi connectivity index (χ3v) is 12.6. The van der Waals surface area contributed by atoms with E-state index in [1.807, 2.05) is 6.08 Å². The van der Waals surface area contributed by atoms with E-state index in [4.69, 9.17) is 9.73 Å². The van der Waals surface area contributed by atoms with E-state index in [1.165, 1.54) is 63.9 Å². The number of aliphatic hydroxyl groups is 3. The lowest BCUT2D eigenvalue weighted by atomic mass is 9.41. The summed E-state index contributed by atoms with van der Waals surface area (Å²) < 4.78 is 5.65. The number of hydrogen-bond acceptors (Lipinski definition) is 6. The lowest BCUT2D eigenvalue weighted by Crippen LogP contribution is -2.69. The maximum Gasteiger partial charge on any atom is 0.331 e. The Bertz CT molecular complexity index is 966. The minimum absolute atomic E-state index is 0.0756. The largest absolute Gasteiger partial charge is 0.455 e. The van der Waals surface area contributed by atoms with E-state index in [9.17, 15) is 20.1 Å². The average Bonchev–Trinajstić information content (AvgIpc) is 3.49. The zero-order chi connectivity index (χ0) is 29.1. The van der Waals surface area contributed by atoms with Gasteiger partial charge in [-0.2, -0.15) is 0 Å². The molecular formula is C35H57NO5. The van der Waals surface area contributed by atoms with Crippen LogP contribution >= 0.6 is 0 Å². The molecule has 4 fully saturated rings. The van der Waals surface area contributed by atoms with Crippen LogP contribution in [0.5, 0.6) is 0 Å². The van der Waals surface area contributed by atoms with Gasteiger partial charge in [-0.25, -0.2) is 4.79 Å². The predicted molar refractivity (Wildman–Crippen MR) is 163 cm³/mol. The van der Waals surface area contributed by atoms with E-state index in [-0.39, 0.29) is 35.2 Å². The van der Waals surface area contributed by atoms with Crippen molar-refractivity contribution in [3.63, 3.8) is 0 Å². The first-order valence-corrected chi connectivity index (χ1v) is 17.2. The van der Waals surface area contributed by atoms with Gasteiger partial charge in [0.1, 0.15) is 6.10 Å². The smallest absolute Gasteiger partial charge is 0.331 e. The first-order chi connectivity index (χ1) is 19.7. The fraction of sp³-hybridized carbons (Fsp3) is 0.886. The van der Waals surface area contributed by atoms with Crippen LogP contribution in [0.3, 0.4) is 0 Å². The summed E-state index contributed by atoms with van der Waals surface area (Å²) in [7, 11) is 0. The van der Waals surface area contributed by atoms with Gasteiger partial charge in [0, 0.05) is 42.0 Å². The molecule has 4 aliphatic carbocycles. The van der Waals surface area contributed by atoms with Crippen LogP contribution < -0.4 is 0 Å². The second kappa shape index (κ2) is 12.8. The first kappa shape index (κ1) is 31.2. The number of aliphatic hydroxyl groups excluding tert-OH is 1. The fourth-order valence-corrected chi connectivity index (χ4v) is 10.3. The van der Waals surface area contributed by atoms with Gasteiger partial charge in [0.2, 0.25) is 0 Å². The lowest BCUT2D eigenvalue weighted by molar-refractivity contribution is -0.241. The molecule has 41 heavy (non-hydrogen) atoms. The van der Waals surface area contributed by atoms with Crippen LogP contribution in [0.2, 0.25) is 0 Å². The monoisotopic (exact) mass is 571 g/mol. The normalized spacial score (nSPS) is 43.6. The summed E-state index contributed by atoms with van der Waals surface area (Å²) in [5, 5.41) is 35.3. The molecule has 6 nitrogen and oxygen atoms in total. The van der Waals surface area contributed by atoms with Gasteiger partial charge in [0.05, 0.1) is 17.3 Å². The third kappa shape index (κ3) is 5.71. The Balaban J connectivity index is 1.24. The van der Waals surface area contributed by atoms with Crippen LogP contribution in [0, 0.1) is 28.6 Å². The number of fused-ring (bicyclic) bond motifs is 5. The Morgan fingerprint density at radius 1 is 0.878 bits per heavy atom. The van der Waals surface area contributed by atoms with Gasteiger partial charge in [-0.1, -0.05) is 71.6 Å². The van der Waals surface area contributed by atoms with Crippen molar-refractivity contribution in [1.82, 2.24) is 0 Å². The van der Waals surface area contributed by atoms with Gasteiger partial charge in [-0.15, -0.1) is 0 Å². The highest BCUT2D eigenvalue weighted by Gasteiger charge is 2.71. The lowest BCUT2D eigenvalue weighted by Gasteiger charge is -2.65. The van der Waals surface area contributed by atoms with Gasteiger partial charge in [-0.05, 0) is 75.7 Å². The molecule has 1 aliphatic heterocycles. The third-order valence-electron chi connectivity index (χ3n) is 12.6. The van der Waals surface area contributed by atoms with Gasteiger partial charge in [0.25, 0.3) is 0 Å². The Hall–Kier alpha value is -1.24. The Kier molecular flexibility index (Phi) is 9.72. The molecular weight excluding hydrogens is 514 g/mol. The molecule has 3 N–H and O–H groups in total. The van der Waals surface area contributed by atoms with E-state index < -0.39 is 22.7 Å². The summed E-state index contributed by atoms with van der Waals surface area (Å²) in [6.07, 6.45) is 24.3. The van der Waals surface area contributed by atoms with Crippen LogP contribution in [0.25, 0.3) is 0 Å². The van der Waals surface area contributed by atoms with Crippen LogP contribution in [-0.2, 0) is 9.53 Å². The van der Waals surface area contributed by atoms with E-state index in [1.54, 1.807) is 0 Å². The second-order valence-electron chi connectivity index (χ2n) is 14.7. The average molecular weight is 572 g/mol. The number of ether oxygens (including phenoxy) is 1. The number of cyclic esters (lactones) is 1. The fourth-order valence-electron chi connectivity index (χ4n) is 10.3. The molecule has 0 saturated heterocycles. The van der Waals surface area contributed by atoms with Crippen LogP contribution in [0.4, 0.5) is 0 Å². The van der Waals surface area contributed by atoms with Crippen LogP contribution in [-0.4, -0.2) is 57.5 Å². The van der Waals surface area contributed by atoms with E-state index in [0.717, 1.165) is 45.1 Å². The maximum atomic E-state index is 12.5. The minimum atomic E-state index is -0.973. The molecule has 232 valence electrons. The van der Waals surface area contributed by atoms with Crippen LogP contribution in [0.15, 0.2) is 17.1 Å². The number of hydrogen-bond donors (Lipinski definition) is 3. The van der Waals surface area contributed by atoms with Crippen LogP contribution in [0.1, 0.15) is 136 Å². The number of rotatable bonds is 13. The van der Waals surface area contributed by atoms with Crippen molar-refractivity contribution in [2.75, 3.05) is 6.54 Å². The number of unbranched alkanes of at least 4 members (excludes halogenated alkanes) is 9. The minimum Gasteiger partial charge on any atom is -0.455 e. The van der Waals surface area contributed by atoms with E-state index in [0.29, 0.717) is 25.7 Å². The molecule has 0 amide bonds. The maximum absolute atomic E-state index is 12.5. The van der Waals surface area contributed by atoms with Gasteiger partial charge in [-0.3, -0.25) is 4.99 Å². The number of aliphatic imine (C=N–C) groups is 1. The molecule has 0 aromatic rings. The van der Waals surface area contributed by atoms with Crippen molar-refractivity contribution >= 4 is 12.2 Å². The molecule has 9 atom stereocenters. The molecule has 0 spiro atoms. The van der Waals surface area contributed by atoms with Gasteiger partial charge >= 0.3 is 5.97 Å². The summed E-state index contributed by atoms with van der Waals surface area (Å²) in [5.74, 6) is 0.0604. The number of esters is 1. The number of carbonyl (C=O) groups excluding carboxylic acids is 1. The van der Waals surface area contributed by atoms with Crippen molar-refractivity contribution in [2.45, 2.75) is 159 Å². The predicted octanol–water partition coefficient (Wildman–Crippen LogP) is 6.69. The number of carbonyl (C=O) groups is 1. The summed E-state index contributed by atoms with van der Waals surface area (Å²) >= 11 is 0. The van der Waals surface area contributed by atoms with Crippen molar-refractivity contribution in [3.8, 4) is 0 Å². The van der Waals surface area contributed by atoms with Gasteiger partial charge < -0.3 is 20.1 Å². The van der Waals surface area contributed by atoms with E-state index in [2.05, 4.69) is 20.1 Å². The molecule has 5 rings (SSSR count). The molecule has 0 bridgehead atoms. The van der Waals surface area contributed by atoms with E-state index >= 15 is 0 Å². The summed E-state index contributed by atoms with van der Waals surface area (Å²) in [6, 6.07) is 0. The Morgan fingerprint density at radius 3 is 2.22 bits per heavy atom. The summed E-state index contributed by atoms with van der Waals surface area (Å²) in [6.45, 7) is 5.27. The molecule has 1 heterocycles. The molecule has 4 saturated carbocycles. The molecule has 0 unspecified atom stereocenters. The highest BCUT2D eigenvalue weighted by molar-refractivity contribution is 5.84. The quantitative estimate of drug-likeness (QED) is 0.130. The zero-order valence-corrected chi connectivity index (χ0v) is 25.9. The first-order valence-electron chi connectivity index (χ1n) is 17.2. The zero-order valence-electron chi connectivity index (χ0n) is 25.9. The molecule has 6 heteroatoms. The highest BCUT2D eigenvalue weighted by Crippen LogP contribution is 2.70. The molecule has 5 aliphatic rings. The second-order valence-corrected chi connectivity index (χ2v) is 14.7. The van der Waals surface area contributed by atoms with Crippen molar-refractivity contribution < 1.29 is 24.9 Å². The molecule has 0 radical (unpaired) electrons. The Morgan fingerprint density at radius 2 is 1.54 bits per heavy atom. The Labute approximate surface area is 248 Å².